The zero-order valence-corrected chi connectivity index (χ0v) is 11.1. The summed E-state index contributed by atoms with van der Waals surface area (Å²) in [7, 11) is 1.54. The third kappa shape index (κ3) is 2.74. The molecule has 108 valence electrons. The maximum Gasteiger partial charge on any atom is 0.213 e. The summed E-state index contributed by atoms with van der Waals surface area (Å²) >= 11 is 0. The molecule has 0 saturated carbocycles. The molecule has 0 unspecified atom stereocenters. The Morgan fingerprint density at radius 2 is 1.76 bits per heavy atom. The van der Waals surface area contributed by atoms with Gasteiger partial charge in [-0.3, -0.25) is 9.59 Å². The molecular formula is C15H12F2N2O2. The zero-order valence-electron chi connectivity index (χ0n) is 11.1. The number of nitrogen functional groups attached to an aromatic ring is 1. The molecule has 4 nitrogen and oxygen atoms in total. The van der Waals surface area contributed by atoms with Crippen LogP contribution in [-0.4, -0.2) is 19.2 Å². The molecule has 0 aliphatic carbocycles. The number of hydrogen-bond donors (Lipinski definition) is 1. The van der Waals surface area contributed by atoms with Crippen LogP contribution < -0.4 is 10.6 Å². The highest BCUT2D eigenvalue weighted by Crippen LogP contribution is 2.23. The molecule has 0 atom stereocenters. The fourth-order valence-corrected chi connectivity index (χ4v) is 1.83. The lowest BCUT2D eigenvalue weighted by Crippen LogP contribution is -2.14. The first kappa shape index (κ1) is 14.6. The van der Waals surface area contributed by atoms with Gasteiger partial charge in [0.2, 0.25) is 6.41 Å². The lowest BCUT2D eigenvalue weighted by Gasteiger charge is -2.11. The number of carbonyl (C=O) groups is 2. The Bertz CT molecular complexity index is 700. The van der Waals surface area contributed by atoms with Crippen LogP contribution in [0.3, 0.4) is 0 Å². The molecule has 0 aromatic heterocycles. The molecule has 0 aliphatic heterocycles. The largest absolute Gasteiger partial charge is 0.396 e. The van der Waals surface area contributed by atoms with Gasteiger partial charge >= 0.3 is 0 Å². The number of benzene rings is 2. The van der Waals surface area contributed by atoms with Crippen LogP contribution in [0.5, 0.6) is 0 Å². The van der Waals surface area contributed by atoms with E-state index >= 15 is 0 Å². The number of ketones is 1. The van der Waals surface area contributed by atoms with Gasteiger partial charge in [-0.25, -0.2) is 8.78 Å². The lowest BCUT2D eigenvalue weighted by molar-refractivity contribution is -0.107. The van der Waals surface area contributed by atoms with Crippen molar-refractivity contribution in [3.63, 3.8) is 0 Å². The van der Waals surface area contributed by atoms with E-state index in [2.05, 4.69) is 0 Å². The zero-order chi connectivity index (χ0) is 15.6. The van der Waals surface area contributed by atoms with Crippen molar-refractivity contribution in [3.05, 3.63) is 59.2 Å². The molecule has 0 aliphatic rings. The molecule has 0 spiro atoms. The fraction of sp³-hybridized carbons (Fsp3) is 0.0667. The Morgan fingerprint density at radius 1 is 1.14 bits per heavy atom. The van der Waals surface area contributed by atoms with Crippen LogP contribution in [0.2, 0.25) is 0 Å². The molecule has 21 heavy (non-hydrogen) atoms. The van der Waals surface area contributed by atoms with Crippen molar-refractivity contribution in [2.75, 3.05) is 17.7 Å². The van der Waals surface area contributed by atoms with Gasteiger partial charge in [-0.1, -0.05) is 0 Å². The average Bonchev–Trinajstić information content (AvgIpc) is 2.50. The number of amides is 1. The van der Waals surface area contributed by atoms with Gasteiger partial charge in [0.05, 0.1) is 11.3 Å². The third-order valence-corrected chi connectivity index (χ3v) is 3.04. The van der Waals surface area contributed by atoms with Crippen molar-refractivity contribution in [1.29, 1.82) is 0 Å². The van der Waals surface area contributed by atoms with Gasteiger partial charge in [0.25, 0.3) is 0 Å². The van der Waals surface area contributed by atoms with E-state index in [0.717, 1.165) is 12.1 Å². The highest BCUT2D eigenvalue weighted by molar-refractivity contribution is 6.10. The molecule has 2 rings (SSSR count). The van der Waals surface area contributed by atoms with Gasteiger partial charge in [0.1, 0.15) is 5.82 Å². The van der Waals surface area contributed by atoms with Crippen LogP contribution in [0.1, 0.15) is 15.9 Å². The Hall–Kier alpha value is -2.76. The van der Waals surface area contributed by atoms with Crippen molar-refractivity contribution >= 4 is 23.6 Å². The Morgan fingerprint density at radius 3 is 2.33 bits per heavy atom. The van der Waals surface area contributed by atoms with Crippen LogP contribution in [0.25, 0.3) is 0 Å². The van der Waals surface area contributed by atoms with Crippen molar-refractivity contribution < 1.29 is 18.4 Å². The standard InChI is InChI=1S/C15H12F2N2O2/c1-19(8-20)10-4-2-9(3-5-10)15(21)13-11(16)6-7-12(18)14(13)17/h2-8H,18H2,1H3. The van der Waals surface area contributed by atoms with Crippen LogP contribution in [0.4, 0.5) is 20.2 Å². The summed E-state index contributed by atoms with van der Waals surface area (Å²) in [5, 5.41) is 0. The minimum Gasteiger partial charge on any atom is -0.396 e. The number of hydrogen-bond acceptors (Lipinski definition) is 3. The van der Waals surface area contributed by atoms with Crippen LogP contribution in [0.15, 0.2) is 36.4 Å². The summed E-state index contributed by atoms with van der Waals surface area (Å²) < 4.78 is 27.5. The molecule has 2 aromatic rings. The van der Waals surface area contributed by atoms with Crippen LogP contribution in [0, 0.1) is 11.6 Å². The fourth-order valence-electron chi connectivity index (χ4n) is 1.83. The van der Waals surface area contributed by atoms with Crippen LogP contribution >= 0.6 is 0 Å². The smallest absolute Gasteiger partial charge is 0.213 e. The van der Waals surface area contributed by atoms with E-state index < -0.39 is 23.0 Å². The molecule has 0 radical (unpaired) electrons. The van der Waals surface area contributed by atoms with Gasteiger partial charge in [0, 0.05) is 18.3 Å². The molecule has 0 bridgehead atoms. The first-order chi connectivity index (χ1) is 9.95. The molecule has 2 N–H and O–H groups in total. The second kappa shape index (κ2) is 5.70. The van der Waals surface area contributed by atoms with E-state index in [-0.39, 0.29) is 11.3 Å². The Labute approximate surface area is 119 Å². The van der Waals surface area contributed by atoms with Crippen molar-refractivity contribution in [1.82, 2.24) is 0 Å². The van der Waals surface area contributed by atoms with Crippen molar-refractivity contribution in [3.8, 4) is 0 Å². The summed E-state index contributed by atoms with van der Waals surface area (Å²) in [5.41, 5.74) is 5.01. The SMILES string of the molecule is CN(C=O)c1ccc(C(=O)c2c(F)ccc(N)c2F)cc1. The van der Waals surface area contributed by atoms with Crippen molar-refractivity contribution in [2.45, 2.75) is 0 Å². The quantitative estimate of drug-likeness (QED) is 0.534. The van der Waals surface area contributed by atoms with E-state index in [1.807, 2.05) is 0 Å². The average molecular weight is 290 g/mol. The van der Waals surface area contributed by atoms with Gasteiger partial charge in [-0.05, 0) is 36.4 Å². The van der Waals surface area contributed by atoms with Gasteiger partial charge in [-0.2, -0.15) is 0 Å². The lowest BCUT2D eigenvalue weighted by atomic mass is 10.0. The summed E-state index contributed by atoms with van der Waals surface area (Å²) in [6.07, 6.45) is 0.605. The number of anilines is 2. The predicted octanol–water partition coefficient (Wildman–Crippen LogP) is 2.37. The molecular weight excluding hydrogens is 278 g/mol. The highest BCUT2D eigenvalue weighted by atomic mass is 19.1. The molecule has 0 saturated heterocycles. The van der Waals surface area contributed by atoms with E-state index in [1.54, 1.807) is 7.05 Å². The first-order valence-corrected chi connectivity index (χ1v) is 6.02. The van der Waals surface area contributed by atoms with Crippen molar-refractivity contribution in [2.24, 2.45) is 0 Å². The number of carbonyl (C=O) groups excluding carboxylic acids is 2. The minimum atomic E-state index is -1.07. The van der Waals surface area contributed by atoms with E-state index in [0.29, 0.717) is 12.1 Å². The van der Waals surface area contributed by atoms with Gasteiger partial charge in [0.15, 0.2) is 11.6 Å². The summed E-state index contributed by atoms with van der Waals surface area (Å²) in [6, 6.07) is 7.79. The summed E-state index contributed by atoms with van der Waals surface area (Å²) in [4.78, 5) is 24.1. The van der Waals surface area contributed by atoms with E-state index in [9.17, 15) is 18.4 Å². The molecule has 2 aromatic carbocycles. The second-order valence-corrected chi connectivity index (χ2v) is 4.42. The summed E-state index contributed by atoms with van der Waals surface area (Å²) in [6.45, 7) is 0. The Balaban J connectivity index is 2.41. The molecule has 1 amide bonds. The monoisotopic (exact) mass is 290 g/mol. The molecule has 0 heterocycles. The normalized spacial score (nSPS) is 10.2. The molecule has 6 heteroatoms. The Kier molecular flexibility index (Phi) is 3.98. The number of nitrogens with two attached hydrogens (primary N) is 1. The summed E-state index contributed by atoms with van der Waals surface area (Å²) in [5.74, 6) is -2.85. The third-order valence-electron chi connectivity index (χ3n) is 3.04. The molecule has 0 fully saturated rings. The van der Waals surface area contributed by atoms with Gasteiger partial charge in [-0.15, -0.1) is 0 Å². The maximum absolute atomic E-state index is 13.8. The second-order valence-electron chi connectivity index (χ2n) is 4.42. The van der Waals surface area contributed by atoms with E-state index in [1.165, 1.54) is 29.2 Å². The topological polar surface area (TPSA) is 63.4 Å². The number of rotatable bonds is 4. The highest BCUT2D eigenvalue weighted by Gasteiger charge is 2.21. The van der Waals surface area contributed by atoms with Gasteiger partial charge < -0.3 is 10.6 Å². The number of halogens is 2. The van der Waals surface area contributed by atoms with E-state index in [4.69, 9.17) is 5.73 Å². The first-order valence-electron chi connectivity index (χ1n) is 6.02. The predicted molar refractivity (Wildman–Crippen MR) is 75.1 cm³/mol. The minimum absolute atomic E-state index is 0.0986. The van der Waals surface area contributed by atoms with Crippen LogP contribution in [-0.2, 0) is 4.79 Å². The number of nitrogens with zero attached hydrogens (tertiary/aromatic N) is 1. The maximum atomic E-state index is 13.8.